The fourth-order valence-corrected chi connectivity index (χ4v) is 2.09. The minimum atomic E-state index is -1.00. The average Bonchev–Trinajstić information content (AvgIpc) is 2.95. The molecule has 0 saturated carbocycles. The van der Waals surface area contributed by atoms with Crippen LogP contribution in [0.3, 0.4) is 0 Å². The molecule has 2 aromatic rings. The quantitative estimate of drug-likeness (QED) is 0.854. The first-order valence-corrected chi connectivity index (χ1v) is 5.29. The van der Waals surface area contributed by atoms with Crippen LogP contribution in [0.15, 0.2) is 42.9 Å². The van der Waals surface area contributed by atoms with Crippen molar-refractivity contribution in [2.75, 3.05) is 0 Å². The van der Waals surface area contributed by atoms with Gasteiger partial charge >= 0.3 is 5.97 Å². The summed E-state index contributed by atoms with van der Waals surface area (Å²) in [5.41, 5.74) is 2.41. The molecule has 3 rings (SSSR count). The van der Waals surface area contributed by atoms with E-state index in [2.05, 4.69) is 4.98 Å². The number of hydrogen-bond donors (Lipinski definition) is 1. The number of hydrogen-bond acceptors (Lipinski definition) is 2. The van der Waals surface area contributed by atoms with Crippen LogP contribution in [0.2, 0.25) is 0 Å². The van der Waals surface area contributed by atoms with Crippen molar-refractivity contribution >= 4 is 12.0 Å². The van der Waals surface area contributed by atoms with Gasteiger partial charge < -0.3 is 9.67 Å². The fraction of sp³-hybridized carbons (Fsp3) is 0.0769. The van der Waals surface area contributed by atoms with E-state index in [1.165, 1.54) is 11.1 Å². The molecule has 0 bridgehead atoms. The van der Waals surface area contributed by atoms with E-state index in [0.29, 0.717) is 0 Å². The molecular formula is C13H10N2O2. The van der Waals surface area contributed by atoms with Gasteiger partial charge in [-0.1, -0.05) is 36.4 Å². The summed E-state index contributed by atoms with van der Waals surface area (Å²) in [5, 5.41) is 8.84. The first kappa shape index (κ1) is 9.84. The molecular weight excluding hydrogens is 216 g/mol. The first-order valence-electron chi connectivity index (χ1n) is 5.29. The van der Waals surface area contributed by atoms with Gasteiger partial charge in [0.25, 0.3) is 0 Å². The molecule has 0 fully saturated rings. The molecule has 0 radical (unpaired) electrons. The Morgan fingerprint density at radius 1 is 1.35 bits per heavy atom. The summed E-state index contributed by atoms with van der Waals surface area (Å²) in [4.78, 5) is 14.6. The Morgan fingerprint density at radius 3 is 2.94 bits per heavy atom. The summed E-state index contributed by atoms with van der Waals surface area (Å²) in [7, 11) is 0. The molecule has 1 aliphatic carbocycles. The maximum absolute atomic E-state index is 10.8. The van der Waals surface area contributed by atoms with Crippen LogP contribution in [0.1, 0.15) is 27.7 Å². The molecule has 1 aromatic heterocycles. The fourth-order valence-electron chi connectivity index (χ4n) is 2.09. The molecule has 1 N–H and O–H groups in total. The molecule has 1 aliphatic rings. The maximum Gasteiger partial charge on any atom is 0.356 e. The lowest BCUT2D eigenvalue weighted by atomic mass is 10.1. The second-order valence-corrected chi connectivity index (χ2v) is 3.94. The zero-order chi connectivity index (χ0) is 11.8. The monoisotopic (exact) mass is 226 g/mol. The van der Waals surface area contributed by atoms with Crippen LogP contribution < -0.4 is 0 Å². The minimum absolute atomic E-state index is 0.0480. The number of imidazole rings is 1. The number of benzene rings is 1. The smallest absolute Gasteiger partial charge is 0.356 e. The summed E-state index contributed by atoms with van der Waals surface area (Å²) in [5.74, 6) is -1.00. The van der Waals surface area contributed by atoms with E-state index in [1.54, 1.807) is 12.5 Å². The van der Waals surface area contributed by atoms with Gasteiger partial charge in [0.2, 0.25) is 0 Å². The Balaban J connectivity index is 2.01. The predicted molar refractivity (Wildman–Crippen MR) is 62.8 cm³/mol. The zero-order valence-electron chi connectivity index (χ0n) is 8.95. The van der Waals surface area contributed by atoms with Crippen molar-refractivity contribution in [1.29, 1.82) is 0 Å². The van der Waals surface area contributed by atoms with Crippen LogP contribution in [0.5, 0.6) is 0 Å². The third-order valence-corrected chi connectivity index (χ3v) is 2.91. The molecule has 4 heteroatoms. The second-order valence-electron chi connectivity index (χ2n) is 3.94. The highest BCUT2D eigenvalue weighted by molar-refractivity contribution is 5.85. The van der Waals surface area contributed by atoms with Gasteiger partial charge in [-0.2, -0.15) is 0 Å². The van der Waals surface area contributed by atoms with Crippen LogP contribution in [0.4, 0.5) is 0 Å². The van der Waals surface area contributed by atoms with Crippen molar-refractivity contribution in [1.82, 2.24) is 9.55 Å². The lowest BCUT2D eigenvalue weighted by molar-refractivity contribution is 0.0691. The van der Waals surface area contributed by atoms with Crippen molar-refractivity contribution in [2.24, 2.45) is 0 Å². The molecule has 0 spiro atoms. The van der Waals surface area contributed by atoms with Gasteiger partial charge in [0.05, 0.1) is 12.4 Å². The molecule has 84 valence electrons. The highest BCUT2D eigenvalue weighted by Gasteiger charge is 2.19. The van der Waals surface area contributed by atoms with Crippen LogP contribution >= 0.6 is 0 Å². The van der Waals surface area contributed by atoms with E-state index in [9.17, 15) is 4.79 Å². The van der Waals surface area contributed by atoms with E-state index in [-0.39, 0.29) is 11.7 Å². The molecule has 4 nitrogen and oxygen atoms in total. The van der Waals surface area contributed by atoms with Gasteiger partial charge in [-0.15, -0.1) is 0 Å². The van der Waals surface area contributed by atoms with Gasteiger partial charge in [-0.05, 0) is 11.1 Å². The molecule has 1 heterocycles. The molecule has 1 unspecified atom stereocenters. The number of aromatic carboxylic acids is 1. The van der Waals surface area contributed by atoms with Gasteiger partial charge in [0, 0.05) is 6.20 Å². The lowest BCUT2D eigenvalue weighted by Gasteiger charge is -2.11. The van der Waals surface area contributed by atoms with Crippen LogP contribution in [0.25, 0.3) is 6.08 Å². The Morgan fingerprint density at radius 2 is 2.18 bits per heavy atom. The number of fused-ring (bicyclic) bond motifs is 1. The topological polar surface area (TPSA) is 55.1 Å². The normalized spacial score (nSPS) is 17.1. The highest BCUT2D eigenvalue weighted by atomic mass is 16.4. The van der Waals surface area contributed by atoms with Gasteiger partial charge in [0.1, 0.15) is 0 Å². The van der Waals surface area contributed by atoms with E-state index in [1.807, 2.05) is 41.0 Å². The lowest BCUT2D eigenvalue weighted by Crippen LogP contribution is -2.04. The Hall–Kier alpha value is -2.36. The minimum Gasteiger partial charge on any atom is -0.476 e. The Bertz CT molecular complexity index is 613. The van der Waals surface area contributed by atoms with Gasteiger partial charge in [-0.25, -0.2) is 9.78 Å². The number of rotatable bonds is 2. The first-order chi connectivity index (χ1) is 8.25. The van der Waals surface area contributed by atoms with Crippen molar-refractivity contribution in [2.45, 2.75) is 6.04 Å². The van der Waals surface area contributed by atoms with Crippen molar-refractivity contribution in [3.8, 4) is 0 Å². The summed E-state index contributed by atoms with van der Waals surface area (Å²) >= 11 is 0. The third-order valence-electron chi connectivity index (χ3n) is 2.91. The van der Waals surface area contributed by atoms with Crippen LogP contribution in [0, 0.1) is 0 Å². The van der Waals surface area contributed by atoms with Gasteiger partial charge in [0.15, 0.2) is 5.69 Å². The number of aromatic nitrogens is 2. The molecule has 17 heavy (non-hydrogen) atoms. The third kappa shape index (κ3) is 1.54. The van der Waals surface area contributed by atoms with E-state index in [4.69, 9.17) is 5.11 Å². The second kappa shape index (κ2) is 3.59. The number of nitrogens with zero attached hydrogens (tertiary/aromatic N) is 2. The summed E-state index contributed by atoms with van der Waals surface area (Å²) in [6.45, 7) is 0. The van der Waals surface area contributed by atoms with E-state index < -0.39 is 5.97 Å². The summed E-state index contributed by atoms with van der Waals surface area (Å²) < 4.78 is 1.81. The summed E-state index contributed by atoms with van der Waals surface area (Å²) in [6, 6.07) is 8.10. The van der Waals surface area contributed by atoms with E-state index >= 15 is 0 Å². The summed E-state index contributed by atoms with van der Waals surface area (Å²) in [6.07, 6.45) is 7.19. The molecule has 1 atom stereocenters. The molecule has 0 aliphatic heterocycles. The standard InChI is InChI=1S/C13H10N2O2/c16-13(17)11-7-15(8-14-11)12-6-5-9-3-1-2-4-10(9)12/h1-8,12H,(H,16,17). The predicted octanol–water partition coefficient (Wildman–Crippen LogP) is 2.20. The highest BCUT2D eigenvalue weighted by Crippen LogP contribution is 2.30. The molecule has 0 saturated heterocycles. The number of carboxylic acids is 1. The number of allylic oxidation sites excluding steroid dienone is 1. The number of carboxylic acid groups (broad SMARTS) is 1. The van der Waals surface area contributed by atoms with Crippen molar-refractivity contribution in [3.05, 3.63) is 59.7 Å². The largest absolute Gasteiger partial charge is 0.476 e. The zero-order valence-corrected chi connectivity index (χ0v) is 8.95. The SMILES string of the molecule is O=C(O)c1cn(C2C=Cc3ccccc32)cn1. The van der Waals surface area contributed by atoms with Crippen molar-refractivity contribution in [3.63, 3.8) is 0 Å². The van der Waals surface area contributed by atoms with Crippen molar-refractivity contribution < 1.29 is 9.90 Å². The van der Waals surface area contributed by atoms with E-state index in [0.717, 1.165) is 0 Å². The average molecular weight is 226 g/mol. The number of carbonyl (C=O) groups is 1. The maximum atomic E-state index is 10.8. The van der Waals surface area contributed by atoms with Gasteiger partial charge in [-0.3, -0.25) is 0 Å². The molecule has 0 amide bonds. The molecule has 1 aromatic carbocycles. The Labute approximate surface area is 97.8 Å². The van der Waals surface area contributed by atoms with Crippen LogP contribution in [-0.4, -0.2) is 20.6 Å². The van der Waals surface area contributed by atoms with Crippen LogP contribution in [-0.2, 0) is 0 Å². The Kier molecular flexibility index (Phi) is 2.08.